The molecule has 1 unspecified atom stereocenters. The fraction of sp³-hybridized carbons (Fsp3) is 0.429. The number of carbonyl (C=O) groups excluding carboxylic acids is 1. The minimum atomic E-state index is -4.67. The summed E-state index contributed by atoms with van der Waals surface area (Å²) in [7, 11) is 1.16. The molecule has 1 aliphatic rings. The van der Waals surface area contributed by atoms with Crippen LogP contribution in [0.25, 0.3) is 0 Å². The summed E-state index contributed by atoms with van der Waals surface area (Å²) >= 11 is 0. The highest BCUT2D eigenvalue weighted by molar-refractivity contribution is 5.76. The molecule has 0 bridgehead atoms. The van der Waals surface area contributed by atoms with Gasteiger partial charge in [0.1, 0.15) is 5.75 Å². The quantitative estimate of drug-likeness (QED) is 0.802. The first-order valence-corrected chi connectivity index (χ1v) is 6.22. The van der Waals surface area contributed by atoms with Gasteiger partial charge in [-0.3, -0.25) is 0 Å². The highest BCUT2D eigenvalue weighted by Gasteiger charge is 2.41. The third-order valence-electron chi connectivity index (χ3n) is 3.15. The molecular weight excluding hydrogens is 287 g/mol. The lowest BCUT2D eigenvalue weighted by molar-refractivity contribution is -0.152. The van der Waals surface area contributed by atoms with Crippen molar-refractivity contribution in [1.82, 2.24) is 0 Å². The van der Waals surface area contributed by atoms with Crippen molar-refractivity contribution in [2.75, 3.05) is 7.11 Å². The van der Waals surface area contributed by atoms with Gasteiger partial charge in [-0.05, 0) is 31.0 Å². The van der Waals surface area contributed by atoms with E-state index in [1.165, 1.54) is 6.07 Å². The van der Waals surface area contributed by atoms with Gasteiger partial charge in [0.2, 0.25) is 0 Å². The number of alkyl halides is 3. The Morgan fingerprint density at radius 1 is 1.43 bits per heavy atom. The summed E-state index contributed by atoms with van der Waals surface area (Å²) in [4.78, 5) is 11.6. The van der Waals surface area contributed by atoms with E-state index in [1.54, 1.807) is 6.07 Å². The van der Waals surface area contributed by atoms with E-state index in [0.29, 0.717) is 18.9 Å². The van der Waals surface area contributed by atoms with Crippen LogP contribution in [0.3, 0.4) is 0 Å². The molecule has 1 aliphatic carbocycles. The van der Waals surface area contributed by atoms with Crippen molar-refractivity contribution in [3.63, 3.8) is 0 Å². The maximum Gasteiger partial charge on any atom is 0.420 e. The Balaban J connectivity index is 2.34. The molecule has 4 nitrogen and oxygen atoms in total. The van der Waals surface area contributed by atoms with Gasteiger partial charge in [-0.2, -0.15) is 18.4 Å². The largest absolute Gasteiger partial charge is 0.478 e. The van der Waals surface area contributed by atoms with Crippen molar-refractivity contribution in [2.45, 2.75) is 25.1 Å². The van der Waals surface area contributed by atoms with Gasteiger partial charge in [0.15, 0.2) is 6.10 Å². The molecule has 7 heteroatoms. The second-order valence-corrected chi connectivity index (χ2v) is 4.72. The third-order valence-corrected chi connectivity index (χ3v) is 3.15. The Bertz CT molecular complexity index is 588. The maximum atomic E-state index is 13.0. The average molecular weight is 299 g/mol. The number of nitriles is 1. The predicted octanol–water partition coefficient (Wildman–Crippen LogP) is 2.91. The SMILES string of the molecule is COC(=O)C(Oc1ccc(C#N)cc1C(F)(F)F)C1CC1. The Morgan fingerprint density at radius 2 is 2.10 bits per heavy atom. The lowest BCUT2D eigenvalue weighted by atomic mass is 10.1. The van der Waals surface area contributed by atoms with Crippen molar-refractivity contribution in [3.05, 3.63) is 29.3 Å². The Kier molecular flexibility index (Phi) is 4.07. The van der Waals surface area contributed by atoms with E-state index in [2.05, 4.69) is 4.74 Å². The summed E-state index contributed by atoms with van der Waals surface area (Å²) in [6, 6.07) is 4.62. The molecule has 1 saturated carbocycles. The molecule has 1 aromatic rings. The Morgan fingerprint density at radius 3 is 2.57 bits per heavy atom. The van der Waals surface area contributed by atoms with Crippen LogP contribution < -0.4 is 4.74 Å². The summed E-state index contributed by atoms with van der Waals surface area (Å²) < 4.78 is 48.8. The molecule has 0 aliphatic heterocycles. The smallest absolute Gasteiger partial charge is 0.420 e. The van der Waals surface area contributed by atoms with Crippen molar-refractivity contribution in [1.29, 1.82) is 5.26 Å². The molecule has 2 rings (SSSR count). The molecule has 112 valence electrons. The van der Waals surface area contributed by atoms with Crippen LogP contribution in [-0.2, 0) is 15.7 Å². The number of halogens is 3. The van der Waals surface area contributed by atoms with Gasteiger partial charge in [-0.25, -0.2) is 4.79 Å². The number of ether oxygens (including phenoxy) is 2. The standard InChI is InChI=1S/C14H12F3NO3/c1-20-13(19)12(9-3-4-9)21-11-5-2-8(7-18)6-10(11)14(15,16)17/h2,5-6,9,12H,3-4H2,1H3. The van der Waals surface area contributed by atoms with Gasteiger partial charge < -0.3 is 9.47 Å². The summed E-state index contributed by atoms with van der Waals surface area (Å²) in [5.41, 5.74) is -1.20. The number of hydrogen-bond acceptors (Lipinski definition) is 4. The first-order chi connectivity index (χ1) is 9.86. The molecular formula is C14H12F3NO3. The van der Waals surface area contributed by atoms with E-state index in [1.807, 2.05) is 0 Å². The first-order valence-electron chi connectivity index (χ1n) is 6.22. The van der Waals surface area contributed by atoms with Crippen LogP contribution in [0.4, 0.5) is 13.2 Å². The summed E-state index contributed by atoms with van der Waals surface area (Å²) in [5, 5.41) is 8.69. The van der Waals surface area contributed by atoms with E-state index in [4.69, 9.17) is 10.00 Å². The third kappa shape index (κ3) is 3.45. The number of rotatable bonds is 4. The molecule has 21 heavy (non-hydrogen) atoms. The molecule has 0 amide bonds. The van der Waals surface area contributed by atoms with Crippen molar-refractivity contribution < 1.29 is 27.4 Å². The molecule has 1 aromatic carbocycles. The minimum absolute atomic E-state index is 0.129. The van der Waals surface area contributed by atoms with Gasteiger partial charge in [0.25, 0.3) is 0 Å². The summed E-state index contributed by atoms with van der Waals surface area (Å²) in [5.74, 6) is -1.30. The van der Waals surface area contributed by atoms with Crippen molar-refractivity contribution >= 4 is 5.97 Å². The molecule has 0 radical (unpaired) electrons. The molecule has 0 saturated heterocycles. The zero-order valence-corrected chi connectivity index (χ0v) is 11.1. The van der Waals surface area contributed by atoms with Crippen LogP contribution in [-0.4, -0.2) is 19.2 Å². The molecule has 1 atom stereocenters. The van der Waals surface area contributed by atoms with E-state index >= 15 is 0 Å². The number of methoxy groups -OCH3 is 1. The van der Waals surface area contributed by atoms with E-state index in [-0.39, 0.29) is 11.5 Å². The monoisotopic (exact) mass is 299 g/mol. The lowest BCUT2D eigenvalue weighted by Gasteiger charge is -2.19. The molecule has 0 N–H and O–H groups in total. The minimum Gasteiger partial charge on any atom is -0.478 e. The second kappa shape index (κ2) is 5.64. The van der Waals surface area contributed by atoms with Crippen LogP contribution in [0.1, 0.15) is 24.0 Å². The van der Waals surface area contributed by atoms with Crippen LogP contribution in [0.2, 0.25) is 0 Å². The van der Waals surface area contributed by atoms with Gasteiger partial charge in [0.05, 0.1) is 24.3 Å². The second-order valence-electron chi connectivity index (χ2n) is 4.72. The lowest BCUT2D eigenvalue weighted by Crippen LogP contribution is -2.31. The molecule has 0 aromatic heterocycles. The maximum absolute atomic E-state index is 13.0. The van der Waals surface area contributed by atoms with Crippen molar-refractivity contribution in [2.24, 2.45) is 5.92 Å². The molecule has 1 fully saturated rings. The fourth-order valence-electron chi connectivity index (χ4n) is 1.91. The van der Waals surface area contributed by atoms with Gasteiger partial charge >= 0.3 is 12.1 Å². The van der Waals surface area contributed by atoms with Crippen LogP contribution >= 0.6 is 0 Å². The topological polar surface area (TPSA) is 59.3 Å². The van der Waals surface area contributed by atoms with Gasteiger partial charge in [0, 0.05) is 5.92 Å². The zero-order chi connectivity index (χ0) is 15.6. The average Bonchev–Trinajstić information content (AvgIpc) is 3.27. The number of benzene rings is 1. The first kappa shape index (κ1) is 15.2. The normalized spacial score (nSPS) is 16.0. The molecule has 0 spiro atoms. The van der Waals surface area contributed by atoms with Crippen LogP contribution in [0.15, 0.2) is 18.2 Å². The zero-order valence-electron chi connectivity index (χ0n) is 11.1. The summed E-state index contributed by atoms with van der Waals surface area (Å²) in [6.45, 7) is 0. The number of hydrogen-bond donors (Lipinski definition) is 0. The number of nitrogens with zero attached hydrogens (tertiary/aromatic N) is 1. The van der Waals surface area contributed by atoms with Gasteiger partial charge in [-0.15, -0.1) is 0 Å². The van der Waals surface area contributed by atoms with Gasteiger partial charge in [-0.1, -0.05) is 0 Å². The Hall–Kier alpha value is -2.23. The van der Waals surface area contributed by atoms with E-state index < -0.39 is 29.6 Å². The van der Waals surface area contributed by atoms with E-state index in [9.17, 15) is 18.0 Å². The fourth-order valence-corrected chi connectivity index (χ4v) is 1.91. The highest BCUT2D eigenvalue weighted by Crippen LogP contribution is 2.40. The van der Waals surface area contributed by atoms with E-state index in [0.717, 1.165) is 13.2 Å². The van der Waals surface area contributed by atoms with Crippen LogP contribution in [0.5, 0.6) is 5.75 Å². The summed E-state index contributed by atoms with van der Waals surface area (Å²) in [6.07, 6.45) is -4.31. The van der Waals surface area contributed by atoms with Crippen molar-refractivity contribution in [3.8, 4) is 11.8 Å². The number of carbonyl (C=O) groups is 1. The Labute approximate surface area is 119 Å². The highest BCUT2D eigenvalue weighted by atomic mass is 19.4. The number of esters is 1. The van der Waals surface area contributed by atoms with Crippen LogP contribution in [0, 0.1) is 17.2 Å². The molecule has 0 heterocycles. The predicted molar refractivity (Wildman–Crippen MR) is 65.3 cm³/mol.